The average molecular weight is 220 g/mol. The second-order valence-electron chi connectivity index (χ2n) is 3.95. The number of nitrogens with zero attached hydrogens (tertiary/aromatic N) is 3. The molecule has 86 valence electrons. The summed E-state index contributed by atoms with van der Waals surface area (Å²) in [5.41, 5.74) is 3.15. The first-order valence-electron chi connectivity index (χ1n) is 5.24. The van der Waals surface area contributed by atoms with Crippen LogP contribution in [0, 0.1) is 20.8 Å². The Hall–Kier alpha value is -1.78. The number of anilines is 1. The molecular weight excluding hydrogens is 204 g/mol. The molecule has 0 unspecified atom stereocenters. The van der Waals surface area contributed by atoms with Crippen LogP contribution in [0.4, 0.5) is 5.82 Å². The van der Waals surface area contributed by atoms with E-state index in [1.54, 1.807) is 0 Å². The molecule has 0 saturated heterocycles. The maximum atomic E-state index is 5.10. The topological polar surface area (TPSA) is 55.9 Å². The van der Waals surface area contributed by atoms with Gasteiger partial charge in [0.25, 0.3) is 0 Å². The highest BCUT2D eigenvalue weighted by Crippen LogP contribution is 2.14. The maximum Gasteiger partial charge on any atom is 0.148 e. The number of hydrogen-bond donors (Lipinski definition) is 1. The summed E-state index contributed by atoms with van der Waals surface area (Å²) in [6.45, 7) is 6.57. The van der Waals surface area contributed by atoms with Crippen molar-refractivity contribution in [3.63, 3.8) is 0 Å². The van der Waals surface area contributed by atoms with Gasteiger partial charge in [-0.3, -0.25) is 4.68 Å². The Balaban J connectivity index is 2.08. The zero-order chi connectivity index (χ0) is 11.7. The van der Waals surface area contributed by atoms with Crippen LogP contribution in [0.15, 0.2) is 10.6 Å². The first kappa shape index (κ1) is 10.7. The molecule has 0 fully saturated rings. The fourth-order valence-electron chi connectivity index (χ4n) is 1.58. The molecular formula is C11H16N4O. The first-order chi connectivity index (χ1) is 7.58. The van der Waals surface area contributed by atoms with Gasteiger partial charge in [-0.25, -0.2) is 0 Å². The van der Waals surface area contributed by atoms with Gasteiger partial charge >= 0.3 is 0 Å². The summed E-state index contributed by atoms with van der Waals surface area (Å²) >= 11 is 0. The molecule has 2 heterocycles. The molecule has 16 heavy (non-hydrogen) atoms. The van der Waals surface area contributed by atoms with Crippen LogP contribution in [-0.2, 0) is 13.6 Å². The summed E-state index contributed by atoms with van der Waals surface area (Å²) in [6.07, 6.45) is 0. The van der Waals surface area contributed by atoms with E-state index < -0.39 is 0 Å². The Morgan fingerprint density at radius 2 is 2.12 bits per heavy atom. The summed E-state index contributed by atoms with van der Waals surface area (Å²) < 4.78 is 6.94. The molecule has 0 bridgehead atoms. The van der Waals surface area contributed by atoms with E-state index in [0.29, 0.717) is 6.54 Å². The van der Waals surface area contributed by atoms with Crippen LogP contribution in [0.1, 0.15) is 22.7 Å². The highest BCUT2D eigenvalue weighted by atomic mass is 16.5. The monoisotopic (exact) mass is 220 g/mol. The van der Waals surface area contributed by atoms with Crippen molar-refractivity contribution < 1.29 is 4.52 Å². The Morgan fingerprint density at radius 3 is 2.62 bits per heavy atom. The van der Waals surface area contributed by atoms with Gasteiger partial charge in [0, 0.05) is 30.9 Å². The van der Waals surface area contributed by atoms with Gasteiger partial charge in [0.2, 0.25) is 0 Å². The van der Waals surface area contributed by atoms with Gasteiger partial charge in [-0.15, -0.1) is 0 Å². The molecule has 2 rings (SSSR count). The molecule has 5 heteroatoms. The molecule has 0 radical (unpaired) electrons. The van der Waals surface area contributed by atoms with Gasteiger partial charge < -0.3 is 9.84 Å². The fourth-order valence-corrected chi connectivity index (χ4v) is 1.58. The van der Waals surface area contributed by atoms with E-state index in [2.05, 4.69) is 15.6 Å². The van der Waals surface area contributed by atoms with Crippen LogP contribution in [0.25, 0.3) is 0 Å². The highest BCUT2D eigenvalue weighted by Gasteiger charge is 2.09. The third-order valence-electron chi connectivity index (χ3n) is 2.74. The van der Waals surface area contributed by atoms with E-state index >= 15 is 0 Å². The second-order valence-corrected chi connectivity index (χ2v) is 3.95. The zero-order valence-corrected chi connectivity index (χ0v) is 10.0. The van der Waals surface area contributed by atoms with Crippen LogP contribution in [-0.4, -0.2) is 14.9 Å². The first-order valence-corrected chi connectivity index (χ1v) is 5.24. The Kier molecular flexibility index (Phi) is 2.68. The normalized spacial score (nSPS) is 10.8. The lowest BCUT2D eigenvalue weighted by atomic mass is 10.2. The van der Waals surface area contributed by atoms with Crippen molar-refractivity contribution in [2.24, 2.45) is 7.05 Å². The molecule has 5 nitrogen and oxygen atoms in total. The number of aromatic nitrogens is 3. The van der Waals surface area contributed by atoms with Gasteiger partial charge in [-0.1, -0.05) is 5.16 Å². The second kappa shape index (κ2) is 4.00. The zero-order valence-electron chi connectivity index (χ0n) is 10.0. The lowest BCUT2D eigenvalue weighted by molar-refractivity contribution is 0.392. The predicted molar refractivity (Wildman–Crippen MR) is 61.2 cm³/mol. The van der Waals surface area contributed by atoms with Crippen molar-refractivity contribution in [1.29, 1.82) is 0 Å². The molecule has 0 atom stereocenters. The number of rotatable bonds is 3. The van der Waals surface area contributed by atoms with Crippen molar-refractivity contribution >= 4 is 5.82 Å². The SMILES string of the molecule is Cc1noc(C)c1CNc1cc(C)n(C)n1. The fraction of sp³-hybridized carbons (Fsp3) is 0.455. The van der Waals surface area contributed by atoms with Gasteiger partial charge in [0.05, 0.1) is 5.69 Å². The van der Waals surface area contributed by atoms with Gasteiger partial charge in [0.15, 0.2) is 0 Å². The van der Waals surface area contributed by atoms with E-state index in [1.165, 1.54) is 0 Å². The third-order valence-corrected chi connectivity index (χ3v) is 2.74. The van der Waals surface area contributed by atoms with E-state index in [-0.39, 0.29) is 0 Å². The van der Waals surface area contributed by atoms with Crippen molar-refractivity contribution in [3.05, 3.63) is 28.8 Å². The number of aryl methyl sites for hydroxylation is 4. The summed E-state index contributed by atoms with van der Waals surface area (Å²) in [7, 11) is 1.93. The van der Waals surface area contributed by atoms with Crippen LogP contribution in [0.5, 0.6) is 0 Å². The molecule has 0 spiro atoms. The molecule has 2 aromatic heterocycles. The van der Waals surface area contributed by atoms with Gasteiger partial charge in [-0.2, -0.15) is 5.10 Å². The van der Waals surface area contributed by atoms with Crippen LogP contribution >= 0.6 is 0 Å². The van der Waals surface area contributed by atoms with Crippen molar-refractivity contribution in [1.82, 2.24) is 14.9 Å². The summed E-state index contributed by atoms with van der Waals surface area (Å²) in [5, 5.41) is 11.5. The lowest BCUT2D eigenvalue weighted by Gasteiger charge is -2.01. The highest BCUT2D eigenvalue weighted by molar-refractivity contribution is 5.37. The Bertz CT molecular complexity index is 459. The standard InChI is InChI=1S/C11H16N4O/c1-7-5-11(13-15(7)4)12-6-10-8(2)14-16-9(10)3/h5H,6H2,1-4H3,(H,12,13). The van der Waals surface area contributed by atoms with Gasteiger partial charge in [0.1, 0.15) is 11.6 Å². The Labute approximate surface area is 94.4 Å². The van der Waals surface area contributed by atoms with Crippen molar-refractivity contribution in [2.75, 3.05) is 5.32 Å². The number of hydrogen-bond acceptors (Lipinski definition) is 4. The van der Waals surface area contributed by atoms with Crippen LogP contribution in [0.2, 0.25) is 0 Å². The summed E-state index contributed by atoms with van der Waals surface area (Å²) in [6, 6.07) is 2.01. The predicted octanol–water partition coefficient (Wildman–Crippen LogP) is 1.95. The minimum Gasteiger partial charge on any atom is -0.364 e. The largest absolute Gasteiger partial charge is 0.364 e. The molecule has 0 amide bonds. The van der Waals surface area contributed by atoms with Crippen molar-refractivity contribution in [3.8, 4) is 0 Å². The average Bonchev–Trinajstić information content (AvgIpc) is 2.70. The molecule has 0 saturated carbocycles. The Morgan fingerprint density at radius 1 is 1.38 bits per heavy atom. The van der Waals surface area contributed by atoms with Crippen LogP contribution in [0.3, 0.4) is 0 Å². The summed E-state index contributed by atoms with van der Waals surface area (Å²) in [4.78, 5) is 0. The minimum absolute atomic E-state index is 0.692. The molecule has 0 aliphatic heterocycles. The smallest absolute Gasteiger partial charge is 0.148 e. The summed E-state index contributed by atoms with van der Waals surface area (Å²) in [5.74, 6) is 1.73. The number of nitrogens with one attached hydrogen (secondary N) is 1. The van der Waals surface area contributed by atoms with E-state index in [0.717, 1.165) is 28.5 Å². The van der Waals surface area contributed by atoms with E-state index in [4.69, 9.17) is 4.52 Å². The van der Waals surface area contributed by atoms with Crippen LogP contribution < -0.4 is 5.32 Å². The molecule has 0 aliphatic rings. The molecule has 1 N–H and O–H groups in total. The molecule has 0 aromatic carbocycles. The van der Waals surface area contributed by atoms with E-state index in [1.807, 2.05) is 38.6 Å². The quantitative estimate of drug-likeness (QED) is 0.858. The van der Waals surface area contributed by atoms with Crippen molar-refractivity contribution in [2.45, 2.75) is 27.3 Å². The van der Waals surface area contributed by atoms with E-state index in [9.17, 15) is 0 Å². The molecule has 2 aromatic rings. The minimum atomic E-state index is 0.692. The lowest BCUT2D eigenvalue weighted by Crippen LogP contribution is -2.02. The van der Waals surface area contributed by atoms with Gasteiger partial charge in [-0.05, 0) is 20.8 Å². The third kappa shape index (κ3) is 1.93. The maximum absolute atomic E-state index is 5.10. The molecule has 0 aliphatic carbocycles.